The number of nitrogens with one attached hydrogen (secondary N) is 3. The van der Waals surface area contributed by atoms with Crippen LogP contribution in [0.3, 0.4) is 0 Å². The number of amides is 2. The van der Waals surface area contributed by atoms with Gasteiger partial charge in [0.1, 0.15) is 16.6 Å². The van der Waals surface area contributed by atoms with Gasteiger partial charge in [0.25, 0.3) is 5.91 Å². The Morgan fingerprint density at radius 3 is 2.54 bits per heavy atom. The highest BCUT2D eigenvalue weighted by Gasteiger charge is 2.31. The number of ether oxygens (including phenoxy) is 2. The average Bonchev–Trinajstić information content (AvgIpc) is 2.92. The van der Waals surface area contributed by atoms with Crippen LogP contribution in [0.1, 0.15) is 28.8 Å². The van der Waals surface area contributed by atoms with E-state index in [9.17, 15) is 22.8 Å². The summed E-state index contributed by atoms with van der Waals surface area (Å²) in [6.45, 7) is 1.55. The molecule has 2 amide bonds. The maximum atomic E-state index is 12.9. The van der Waals surface area contributed by atoms with Gasteiger partial charge in [-0.15, -0.1) is 24.9 Å². The van der Waals surface area contributed by atoms with Gasteiger partial charge in [0.2, 0.25) is 5.91 Å². The molecule has 1 fully saturated rings. The van der Waals surface area contributed by atoms with E-state index in [1.54, 1.807) is 36.7 Å². The fourth-order valence-electron chi connectivity index (χ4n) is 3.73. The number of aromatic nitrogens is 2. The summed E-state index contributed by atoms with van der Waals surface area (Å²) >= 11 is 1.32. The van der Waals surface area contributed by atoms with Gasteiger partial charge in [0.15, 0.2) is 0 Å². The minimum absolute atomic E-state index is 0.176. The number of nitrogens with zero attached hydrogens (tertiary/aromatic N) is 2. The minimum atomic E-state index is -4.80. The van der Waals surface area contributed by atoms with Crippen LogP contribution in [0.5, 0.6) is 5.75 Å². The summed E-state index contributed by atoms with van der Waals surface area (Å²) in [4.78, 5) is 33.7. The van der Waals surface area contributed by atoms with Crippen molar-refractivity contribution in [2.45, 2.75) is 36.0 Å². The van der Waals surface area contributed by atoms with Gasteiger partial charge in [0, 0.05) is 43.1 Å². The molecule has 2 aromatic heterocycles. The van der Waals surface area contributed by atoms with Crippen LogP contribution in [0, 0.1) is 0 Å². The van der Waals surface area contributed by atoms with Gasteiger partial charge in [-0.25, -0.2) is 9.97 Å². The van der Waals surface area contributed by atoms with Crippen LogP contribution in [0.4, 0.5) is 24.7 Å². The smallest absolute Gasteiger partial charge is 0.406 e. The minimum Gasteiger partial charge on any atom is -0.406 e. The quantitative estimate of drug-likeness (QED) is 0.307. The number of hydrogen-bond acceptors (Lipinski definition) is 8. The number of thioether (sulfide) groups is 1. The van der Waals surface area contributed by atoms with E-state index in [0.29, 0.717) is 41.1 Å². The molecule has 0 bridgehead atoms. The summed E-state index contributed by atoms with van der Waals surface area (Å²) < 4.78 is 46.2. The predicted molar refractivity (Wildman–Crippen MR) is 140 cm³/mol. The third-order valence-corrected chi connectivity index (χ3v) is 6.68. The van der Waals surface area contributed by atoms with Gasteiger partial charge in [0.05, 0.1) is 12.1 Å². The maximum absolute atomic E-state index is 12.9. The summed E-state index contributed by atoms with van der Waals surface area (Å²) in [6.07, 6.45) is 0.0985. The van der Waals surface area contributed by atoms with Crippen LogP contribution in [-0.2, 0) is 15.3 Å². The molecule has 206 valence electrons. The van der Waals surface area contributed by atoms with Gasteiger partial charge in [-0.05, 0) is 66.9 Å². The first-order chi connectivity index (χ1) is 18.7. The molecule has 3 N–H and O–H groups in total. The molecular weight excluding hydrogens is 535 g/mol. The van der Waals surface area contributed by atoms with E-state index in [1.807, 2.05) is 0 Å². The molecular formula is C26H26F3N5O4S. The zero-order chi connectivity index (χ0) is 27.7. The number of halogens is 3. The molecule has 4 rings (SSSR count). The number of carbonyl (C=O) groups excluding carboxylic acids is 2. The molecule has 0 aliphatic carbocycles. The van der Waals surface area contributed by atoms with Crippen molar-refractivity contribution >= 4 is 35.1 Å². The third kappa shape index (κ3) is 9.23. The molecule has 1 aliphatic heterocycles. The highest BCUT2D eigenvalue weighted by atomic mass is 32.2. The fraction of sp³-hybridized carbons (Fsp3) is 0.308. The van der Waals surface area contributed by atoms with Gasteiger partial charge in [-0.1, -0.05) is 0 Å². The summed E-state index contributed by atoms with van der Waals surface area (Å²) in [5.74, 6) is -0.173. The van der Waals surface area contributed by atoms with E-state index in [0.717, 1.165) is 30.5 Å². The molecule has 1 aromatic carbocycles. The largest absolute Gasteiger partial charge is 0.573 e. The van der Waals surface area contributed by atoms with Crippen molar-refractivity contribution in [2.24, 2.45) is 0 Å². The second-order valence-electron chi connectivity index (χ2n) is 8.54. The molecule has 0 radical (unpaired) electrons. The summed E-state index contributed by atoms with van der Waals surface area (Å²) in [5, 5.41) is 9.14. The number of rotatable bonds is 10. The van der Waals surface area contributed by atoms with Gasteiger partial charge < -0.3 is 25.4 Å². The number of alkyl halides is 3. The normalized spacial score (nSPS) is 14.0. The maximum Gasteiger partial charge on any atom is 0.573 e. The lowest BCUT2D eigenvalue weighted by Gasteiger charge is -2.22. The van der Waals surface area contributed by atoms with Crippen molar-refractivity contribution < 1.29 is 32.2 Å². The standard InChI is InChI=1S/C26H26F3N5O4S/c27-26(28,29)38-20-5-3-19(4-6-20)33-24(36)21-2-1-10-31-25(21)39-16-17-7-11-30-22(14-17)34-23(35)15-32-18-8-12-37-13-9-18/h1-7,10-11,14,18,32H,8-9,12-13,15-16H2,(H,33,36)(H,30,34,35). The Labute approximate surface area is 226 Å². The summed E-state index contributed by atoms with van der Waals surface area (Å²) in [6, 6.07) is 11.9. The average molecular weight is 562 g/mol. The highest BCUT2D eigenvalue weighted by Crippen LogP contribution is 2.27. The lowest BCUT2D eigenvalue weighted by Crippen LogP contribution is -2.39. The molecule has 0 atom stereocenters. The van der Waals surface area contributed by atoms with Crippen molar-refractivity contribution in [2.75, 3.05) is 30.4 Å². The van der Waals surface area contributed by atoms with Crippen molar-refractivity contribution in [3.05, 3.63) is 72.1 Å². The Kier molecular flexibility index (Phi) is 9.74. The van der Waals surface area contributed by atoms with Gasteiger partial charge in [-0.2, -0.15) is 0 Å². The topological polar surface area (TPSA) is 114 Å². The SMILES string of the molecule is O=C(CNC1CCOCC1)Nc1cc(CSc2ncccc2C(=O)Nc2ccc(OC(F)(F)F)cc2)ccn1. The van der Waals surface area contributed by atoms with Crippen molar-refractivity contribution in [1.29, 1.82) is 0 Å². The van der Waals surface area contributed by atoms with Crippen LogP contribution < -0.4 is 20.7 Å². The molecule has 0 unspecified atom stereocenters. The molecule has 3 heterocycles. The predicted octanol–water partition coefficient (Wildman–Crippen LogP) is 4.63. The Morgan fingerprint density at radius 1 is 1.03 bits per heavy atom. The van der Waals surface area contributed by atoms with E-state index < -0.39 is 12.3 Å². The molecule has 0 spiro atoms. The van der Waals surface area contributed by atoms with Crippen LogP contribution >= 0.6 is 11.8 Å². The number of hydrogen-bond donors (Lipinski definition) is 3. The van der Waals surface area contributed by atoms with Crippen molar-refractivity contribution in [3.8, 4) is 5.75 Å². The zero-order valence-corrected chi connectivity index (χ0v) is 21.5. The van der Waals surface area contributed by atoms with Crippen LogP contribution in [0.2, 0.25) is 0 Å². The third-order valence-electron chi connectivity index (χ3n) is 5.60. The number of benzene rings is 1. The monoisotopic (exact) mass is 561 g/mol. The van der Waals surface area contributed by atoms with E-state index in [1.165, 1.54) is 23.9 Å². The fourth-order valence-corrected chi connectivity index (χ4v) is 4.66. The lowest BCUT2D eigenvalue weighted by molar-refractivity contribution is -0.274. The number of anilines is 2. The zero-order valence-electron chi connectivity index (χ0n) is 20.7. The second-order valence-corrected chi connectivity index (χ2v) is 9.50. The number of carbonyl (C=O) groups is 2. The van der Waals surface area contributed by atoms with Crippen molar-refractivity contribution in [3.63, 3.8) is 0 Å². The molecule has 13 heteroatoms. The van der Waals surface area contributed by atoms with Crippen LogP contribution in [0.25, 0.3) is 0 Å². The summed E-state index contributed by atoms with van der Waals surface area (Å²) in [5.41, 5.74) is 1.47. The second kappa shape index (κ2) is 13.4. The Hall–Kier alpha value is -3.68. The van der Waals surface area contributed by atoms with Crippen molar-refractivity contribution in [1.82, 2.24) is 15.3 Å². The molecule has 1 saturated heterocycles. The molecule has 1 aliphatic rings. The summed E-state index contributed by atoms with van der Waals surface area (Å²) in [7, 11) is 0. The van der Waals surface area contributed by atoms with E-state index in [-0.39, 0.29) is 24.2 Å². The molecule has 9 nitrogen and oxygen atoms in total. The van der Waals surface area contributed by atoms with Gasteiger partial charge in [-0.3, -0.25) is 9.59 Å². The van der Waals surface area contributed by atoms with Crippen LogP contribution in [-0.4, -0.2) is 53.9 Å². The van der Waals surface area contributed by atoms with E-state index in [2.05, 4.69) is 30.7 Å². The number of pyridine rings is 2. The van der Waals surface area contributed by atoms with E-state index >= 15 is 0 Å². The Bertz CT molecular complexity index is 1270. The first kappa shape index (κ1) is 28.3. The van der Waals surface area contributed by atoms with Crippen LogP contribution in [0.15, 0.2) is 66.0 Å². The molecule has 39 heavy (non-hydrogen) atoms. The Morgan fingerprint density at radius 2 is 1.79 bits per heavy atom. The first-order valence-corrected chi connectivity index (χ1v) is 13.0. The Balaban J connectivity index is 1.31. The lowest BCUT2D eigenvalue weighted by atomic mass is 10.1. The van der Waals surface area contributed by atoms with Gasteiger partial charge >= 0.3 is 6.36 Å². The molecule has 0 saturated carbocycles. The molecule has 3 aromatic rings. The van der Waals surface area contributed by atoms with E-state index in [4.69, 9.17) is 4.74 Å². The highest BCUT2D eigenvalue weighted by molar-refractivity contribution is 7.98. The first-order valence-electron chi connectivity index (χ1n) is 12.1.